The van der Waals surface area contributed by atoms with Crippen molar-refractivity contribution in [2.24, 2.45) is 0 Å². The van der Waals surface area contributed by atoms with Crippen molar-refractivity contribution >= 4 is 34.3 Å². The third-order valence-electron chi connectivity index (χ3n) is 6.61. The average molecular weight is 522 g/mol. The lowest BCUT2D eigenvalue weighted by Gasteiger charge is -2.28. The number of benzene rings is 2. The number of hydrogen-bond acceptors (Lipinski definition) is 8. The van der Waals surface area contributed by atoms with Crippen molar-refractivity contribution < 1.29 is 29.0 Å². The molecule has 3 amide bonds. The Morgan fingerprint density at radius 2 is 1.92 bits per heavy atom. The first-order valence-corrected chi connectivity index (χ1v) is 12.2. The van der Waals surface area contributed by atoms with Crippen molar-refractivity contribution in [3.63, 3.8) is 0 Å². The summed E-state index contributed by atoms with van der Waals surface area (Å²) in [5.41, 5.74) is 8.02. The monoisotopic (exact) mass is 521 g/mol. The molecule has 0 aliphatic carbocycles. The number of aliphatic hydroxyl groups is 1. The van der Waals surface area contributed by atoms with E-state index >= 15 is 0 Å². The van der Waals surface area contributed by atoms with E-state index in [0.717, 1.165) is 5.56 Å². The van der Waals surface area contributed by atoms with E-state index in [0.29, 0.717) is 53.0 Å². The van der Waals surface area contributed by atoms with Crippen molar-refractivity contribution in [3.8, 4) is 11.5 Å². The van der Waals surface area contributed by atoms with Crippen LogP contribution in [0.4, 0.5) is 5.69 Å². The zero-order chi connectivity index (χ0) is 27.2. The minimum absolute atomic E-state index is 0.164. The van der Waals surface area contributed by atoms with Crippen LogP contribution in [0.1, 0.15) is 28.8 Å². The fourth-order valence-electron chi connectivity index (χ4n) is 4.64. The zero-order valence-corrected chi connectivity index (χ0v) is 21.3. The van der Waals surface area contributed by atoms with Gasteiger partial charge in [-0.3, -0.25) is 19.4 Å². The summed E-state index contributed by atoms with van der Waals surface area (Å²) < 4.78 is 10.5. The summed E-state index contributed by atoms with van der Waals surface area (Å²) in [6, 6.07) is 11.3. The van der Waals surface area contributed by atoms with Crippen LogP contribution in [0, 0.1) is 0 Å². The summed E-state index contributed by atoms with van der Waals surface area (Å²) in [5, 5.41) is 16.7. The number of anilines is 1. The zero-order valence-electron chi connectivity index (χ0n) is 21.3. The lowest BCUT2D eigenvalue weighted by atomic mass is 10.1. The Bertz CT molecular complexity index is 1350. The number of fused-ring (bicyclic) bond motifs is 1. The Hall–Kier alpha value is -4.38. The maximum atomic E-state index is 13.0. The quantitative estimate of drug-likeness (QED) is 0.306. The topological polar surface area (TPSA) is 156 Å². The van der Waals surface area contributed by atoms with Gasteiger partial charge in [-0.2, -0.15) is 0 Å². The summed E-state index contributed by atoms with van der Waals surface area (Å²) in [6.07, 6.45) is 1.19. The number of aliphatic hydroxyl groups excluding tert-OH is 1. The van der Waals surface area contributed by atoms with Crippen molar-refractivity contribution in [2.45, 2.75) is 31.5 Å². The predicted molar refractivity (Wildman–Crippen MR) is 141 cm³/mol. The number of para-hydroxylation sites is 1. The van der Waals surface area contributed by atoms with Gasteiger partial charge in [-0.15, -0.1) is 0 Å². The van der Waals surface area contributed by atoms with Crippen LogP contribution in [-0.4, -0.2) is 72.2 Å². The first-order valence-electron chi connectivity index (χ1n) is 12.2. The molecular formula is C27H31N5O6. The summed E-state index contributed by atoms with van der Waals surface area (Å²) in [6.45, 7) is 0.271. The fourth-order valence-corrected chi connectivity index (χ4v) is 4.64. The highest BCUT2D eigenvalue weighted by molar-refractivity contribution is 6.08. The molecule has 5 N–H and O–H groups in total. The number of carbonyl (C=O) groups excluding carboxylic acids is 3. The smallest absolute Gasteiger partial charge is 0.252 e. The van der Waals surface area contributed by atoms with E-state index in [4.69, 9.17) is 15.2 Å². The van der Waals surface area contributed by atoms with Gasteiger partial charge in [0.05, 0.1) is 43.6 Å². The number of pyridine rings is 1. The van der Waals surface area contributed by atoms with Crippen LogP contribution < -0.4 is 25.8 Å². The second-order valence-corrected chi connectivity index (χ2v) is 8.93. The molecule has 1 aliphatic heterocycles. The second kappa shape index (κ2) is 11.8. The number of likely N-dealkylation sites (tertiary alicyclic amines) is 1. The highest BCUT2D eigenvalue weighted by Crippen LogP contribution is 2.27. The fraction of sp³-hybridized carbons (Fsp3) is 0.333. The van der Waals surface area contributed by atoms with E-state index in [9.17, 15) is 19.5 Å². The summed E-state index contributed by atoms with van der Waals surface area (Å²) in [5.74, 6) is -0.325. The van der Waals surface area contributed by atoms with Gasteiger partial charge >= 0.3 is 0 Å². The molecule has 1 aromatic heterocycles. The van der Waals surface area contributed by atoms with Crippen LogP contribution in [-0.2, 0) is 16.1 Å². The summed E-state index contributed by atoms with van der Waals surface area (Å²) in [4.78, 5) is 44.2. The Morgan fingerprint density at radius 3 is 2.68 bits per heavy atom. The van der Waals surface area contributed by atoms with Crippen LogP contribution in [0.2, 0.25) is 0 Å². The second-order valence-electron chi connectivity index (χ2n) is 8.93. The van der Waals surface area contributed by atoms with Gasteiger partial charge in [-0.25, -0.2) is 0 Å². The number of hydrogen-bond donors (Lipinski definition) is 4. The molecule has 3 aromatic rings. The molecule has 0 saturated carbocycles. The minimum Gasteiger partial charge on any atom is -0.493 e. The number of methoxy groups -OCH3 is 2. The molecule has 4 rings (SSSR count). The molecule has 1 aliphatic rings. The van der Waals surface area contributed by atoms with Gasteiger partial charge < -0.3 is 35.8 Å². The molecular weight excluding hydrogens is 490 g/mol. The lowest BCUT2D eigenvalue weighted by molar-refractivity contribution is -0.138. The molecule has 2 atom stereocenters. The lowest BCUT2D eigenvalue weighted by Crippen LogP contribution is -2.51. The molecule has 200 valence electrons. The third-order valence-corrected chi connectivity index (χ3v) is 6.61. The minimum atomic E-state index is -1.41. The number of carbonyl (C=O) groups is 3. The number of nitrogen functional groups attached to an aromatic ring is 1. The largest absolute Gasteiger partial charge is 0.493 e. The van der Waals surface area contributed by atoms with Crippen LogP contribution in [0.3, 0.4) is 0 Å². The number of aromatic nitrogens is 1. The number of nitrogens with one attached hydrogen (secondary N) is 2. The van der Waals surface area contributed by atoms with Gasteiger partial charge in [-0.05, 0) is 42.7 Å². The SMILES string of the molecule is COc1ccc(CNC(=O)C(O)[C@@H]2CCCN2C(=O)CNC(=O)c2ccnc3c(N)cccc23)cc1OC. The van der Waals surface area contributed by atoms with Crippen molar-refractivity contribution in [1.82, 2.24) is 20.5 Å². The average Bonchev–Trinajstić information content (AvgIpc) is 3.44. The Balaban J connectivity index is 1.34. The van der Waals surface area contributed by atoms with Crippen LogP contribution in [0.25, 0.3) is 10.9 Å². The maximum Gasteiger partial charge on any atom is 0.252 e. The normalized spacial score (nSPS) is 15.7. The molecule has 11 heteroatoms. The van der Waals surface area contributed by atoms with Gasteiger partial charge in [0, 0.05) is 24.7 Å². The molecule has 1 fully saturated rings. The predicted octanol–water partition coefficient (Wildman–Crippen LogP) is 1.23. The Kier molecular flexibility index (Phi) is 8.27. The summed E-state index contributed by atoms with van der Waals surface area (Å²) in [7, 11) is 3.06. The van der Waals surface area contributed by atoms with Gasteiger partial charge in [0.2, 0.25) is 5.91 Å². The maximum absolute atomic E-state index is 13.0. The van der Waals surface area contributed by atoms with Crippen LogP contribution in [0.15, 0.2) is 48.7 Å². The van der Waals surface area contributed by atoms with Crippen molar-refractivity contribution in [3.05, 3.63) is 59.8 Å². The van der Waals surface area contributed by atoms with Crippen LogP contribution in [0.5, 0.6) is 11.5 Å². The van der Waals surface area contributed by atoms with Crippen molar-refractivity contribution in [1.29, 1.82) is 0 Å². The molecule has 38 heavy (non-hydrogen) atoms. The van der Waals surface area contributed by atoms with Gasteiger partial charge in [0.25, 0.3) is 11.8 Å². The molecule has 0 bridgehead atoms. The third kappa shape index (κ3) is 5.62. The highest BCUT2D eigenvalue weighted by atomic mass is 16.5. The first kappa shape index (κ1) is 26.7. The molecule has 2 heterocycles. The number of nitrogens with zero attached hydrogens (tertiary/aromatic N) is 2. The molecule has 1 unspecified atom stereocenters. The molecule has 11 nitrogen and oxygen atoms in total. The van der Waals surface area contributed by atoms with E-state index in [1.807, 2.05) is 0 Å². The van der Waals surface area contributed by atoms with E-state index < -0.39 is 24.0 Å². The van der Waals surface area contributed by atoms with Crippen LogP contribution >= 0.6 is 0 Å². The van der Waals surface area contributed by atoms with Gasteiger partial charge in [0.1, 0.15) is 0 Å². The van der Waals surface area contributed by atoms with E-state index in [1.54, 1.807) is 42.5 Å². The Labute approximate surface area is 219 Å². The number of nitrogens with two attached hydrogens (primary N) is 1. The summed E-state index contributed by atoms with van der Waals surface area (Å²) >= 11 is 0. The van der Waals surface area contributed by atoms with Crippen molar-refractivity contribution in [2.75, 3.05) is 33.0 Å². The molecule has 2 aromatic carbocycles. The standard InChI is InChI=1S/C27H31N5O6/c1-37-21-9-8-16(13-22(21)38-2)14-30-27(36)25(34)20-7-4-12-32(20)23(33)15-31-26(35)18-10-11-29-24-17(18)5-3-6-19(24)28/h3,5-6,8-11,13,20,25,34H,4,7,12,14-15,28H2,1-2H3,(H,30,36)(H,31,35)/t20-,25?/m0/s1. The van der Waals surface area contributed by atoms with Gasteiger partial charge in [0.15, 0.2) is 17.6 Å². The number of amides is 3. The first-order chi connectivity index (χ1) is 18.3. The highest BCUT2D eigenvalue weighted by Gasteiger charge is 2.37. The molecule has 1 saturated heterocycles. The van der Waals surface area contributed by atoms with Gasteiger partial charge in [-0.1, -0.05) is 18.2 Å². The number of rotatable bonds is 9. The van der Waals surface area contributed by atoms with E-state index in [1.165, 1.54) is 25.3 Å². The molecule has 0 spiro atoms. The Morgan fingerprint density at radius 1 is 1.13 bits per heavy atom. The molecule has 0 radical (unpaired) electrons. The van der Waals surface area contributed by atoms with E-state index in [2.05, 4.69) is 15.6 Å². The van der Waals surface area contributed by atoms with E-state index in [-0.39, 0.29) is 19.0 Å². The number of ether oxygens (including phenoxy) is 2.